The Balaban J connectivity index is 3.21. The smallest absolute Gasteiger partial charge is 0.129 e. The maximum Gasteiger partial charge on any atom is 0.129 e. The van der Waals surface area contributed by atoms with Crippen molar-refractivity contribution in [2.24, 2.45) is 0 Å². The average molecular weight is 287 g/mol. The highest BCUT2D eigenvalue weighted by molar-refractivity contribution is 5.45. The van der Waals surface area contributed by atoms with E-state index >= 15 is 0 Å². The molecule has 0 unspecified atom stereocenters. The van der Waals surface area contributed by atoms with Gasteiger partial charge in [0, 0.05) is 30.7 Å². The Labute approximate surface area is 129 Å². The predicted octanol–water partition coefficient (Wildman–Crippen LogP) is 3.67. The molecule has 0 radical (unpaired) electrons. The molecule has 116 valence electrons. The highest BCUT2D eigenvalue weighted by Crippen LogP contribution is 2.25. The monoisotopic (exact) mass is 287 g/mol. The maximum atomic E-state index is 4.85. The summed E-state index contributed by atoms with van der Waals surface area (Å²) in [5.41, 5.74) is 2.42. The molecule has 1 heterocycles. The van der Waals surface area contributed by atoms with E-state index < -0.39 is 0 Å². The average Bonchev–Trinajstić information content (AvgIpc) is 2.43. The number of pyridine rings is 1. The third-order valence-corrected chi connectivity index (χ3v) is 3.24. The molecule has 0 aliphatic carbocycles. The number of hydrogen-bond acceptors (Lipinski definition) is 3. The Morgan fingerprint density at radius 1 is 1.19 bits per heavy atom. The second-order valence-electron chi connectivity index (χ2n) is 6.23. The molecule has 0 saturated heterocycles. The fraction of sp³-hybridized carbons (Fsp3) is 0.500. The van der Waals surface area contributed by atoms with Crippen LogP contribution in [0.25, 0.3) is 0 Å². The molecular formula is C18H29N3. The van der Waals surface area contributed by atoms with Crippen LogP contribution >= 0.6 is 0 Å². The summed E-state index contributed by atoms with van der Waals surface area (Å²) >= 11 is 0. The summed E-state index contributed by atoms with van der Waals surface area (Å²) in [5.74, 6) is 0.995. The Bertz CT molecular complexity index is 462. The number of nitrogens with zero attached hydrogens (tertiary/aromatic N) is 2. The zero-order valence-corrected chi connectivity index (χ0v) is 13.9. The number of nitrogens with one attached hydrogen (secondary N) is 1. The van der Waals surface area contributed by atoms with E-state index in [4.69, 9.17) is 4.98 Å². The first-order chi connectivity index (χ1) is 9.92. The number of anilines is 1. The SMILES string of the molecule is C=CCN(CC=C)c1cc(CNCC)cc(C(C)(C)C)n1. The summed E-state index contributed by atoms with van der Waals surface area (Å²) in [6, 6.07) is 4.36. The van der Waals surface area contributed by atoms with Crippen LogP contribution in [0.2, 0.25) is 0 Å². The van der Waals surface area contributed by atoms with E-state index in [1.54, 1.807) is 0 Å². The molecule has 21 heavy (non-hydrogen) atoms. The molecule has 1 aromatic heterocycles. The summed E-state index contributed by atoms with van der Waals surface area (Å²) in [5, 5.41) is 3.39. The summed E-state index contributed by atoms with van der Waals surface area (Å²) in [4.78, 5) is 7.04. The molecule has 0 spiro atoms. The first-order valence-corrected chi connectivity index (χ1v) is 7.61. The van der Waals surface area contributed by atoms with Gasteiger partial charge in [-0.1, -0.05) is 39.8 Å². The van der Waals surface area contributed by atoms with Gasteiger partial charge in [0.1, 0.15) is 5.82 Å². The van der Waals surface area contributed by atoms with Crippen LogP contribution < -0.4 is 10.2 Å². The molecule has 0 aromatic carbocycles. The molecule has 1 rings (SSSR count). The molecule has 0 amide bonds. The normalized spacial score (nSPS) is 11.2. The van der Waals surface area contributed by atoms with Gasteiger partial charge in [-0.25, -0.2) is 4.98 Å². The molecule has 1 N–H and O–H groups in total. The van der Waals surface area contributed by atoms with Gasteiger partial charge in [0.25, 0.3) is 0 Å². The van der Waals surface area contributed by atoms with E-state index in [-0.39, 0.29) is 5.41 Å². The number of hydrogen-bond donors (Lipinski definition) is 1. The Kier molecular flexibility index (Phi) is 6.63. The van der Waals surface area contributed by atoms with Crippen molar-refractivity contribution in [3.05, 3.63) is 48.7 Å². The Morgan fingerprint density at radius 2 is 1.81 bits per heavy atom. The highest BCUT2D eigenvalue weighted by Gasteiger charge is 2.18. The Morgan fingerprint density at radius 3 is 2.29 bits per heavy atom. The third kappa shape index (κ3) is 5.35. The van der Waals surface area contributed by atoms with E-state index in [1.807, 2.05) is 12.2 Å². The lowest BCUT2D eigenvalue weighted by Crippen LogP contribution is -2.26. The summed E-state index contributed by atoms with van der Waals surface area (Å²) < 4.78 is 0. The fourth-order valence-electron chi connectivity index (χ4n) is 2.06. The zero-order chi connectivity index (χ0) is 15.9. The van der Waals surface area contributed by atoms with Gasteiger partial charge in [-0.05, 0) is 24.2 Å². The molecule has 0 bridgehead atoms. The van der Waals surface area contributed by atoms with Crippen molar-refractivity contribution in [1.29, 1.82) is 0 Å². The summed E-state index contributed by atoms with van der Waals surface area (Å²) in [7, 11) is 0. The molecule has 1 aromatic rings. The van der Waals surface area contributed by atoms with Gasteiger partial charge in [0.15, 0.2) is 0 Å². The zero-order valence-electron chi connectivity index (χ0n) is 13.9. The molecule has 0 aliphatic rings. The quantitative estimate of drug-likeness (QED) is 0.740. The van der Waals surface area contributed by atoms with Crippen molar-refractivity contribution in [1.82, 2.24) is 10.3 Å². The summed E-state index contributed by atoms with van der Waals surface area (Å²) in [6.45, 7) is 19.8. The lowest BCUT2D eigenvalue weighted by Gasteiger charge is -2.25. The highest BCUT2D eigenvalue weighted by atomic mass is 15.2. The second-order valence-corrected chi connectivity index (χ2v) is 6.23. The molecule has 3 heteroatoms. The second kappa shape index (κ2) is 7.99. The molecule has 0 atom stereocenters. The fourth-order valence-corrected chi connectivity index (χ4v) is 2.06. The maximum absolute atomic E-state index is 4.85. The minimum atomic E-state index is 0.0327. The molecule has 0 fully saturated rings. The number of aromatic nitrogens is 1. The van der Waals surface area contributed by atoms with Crippen molar-refractivity contribution in [3.63, 3.8) is 0 Å². The largest absolute Gasteiger partial charge is 0.349 e. The Hall–Kier alpha value is -1.61. The van der Waals surface area contributed by atoms with Gasteiger partial charge in [-0.2, -0.15) is 0 Å². The van der Waals surface area contributed by atoms with E-state index in [9.17, 15) is 0 Å². The minimum absolute atomic E-state index is 0.0327. The third-order valence-electron chi connectivity index (χ3n) is 3.24. The lowest BCUT2D eigenvalue weighted by molar-refractivity contribution is 0.566. The van der Waals surface area contributed by atoms with Crippen LogP contribution in [-0.4, -0.2) is 24.6 Å². The van der Waals surface area contributed by atoms with E-state index in [2.05, 4.69) is 63.2 Å². The van der Waals surface area contributed by atoms with Crippen molar-refractivity contribution < 1.29 is 0 Å². The van der Waals surface area contributed by atoms with Gasteiger partial charge in [0.2, 0.25) is 0 Å². The first-order valence-electron chi connectivity index (χ1n) is 7.61. The van der Waals surface area contributed by atoms with E-state index in [0.717, 1.165) is 37.7 Å². The lowest BCUT2D eigenvalue weighted by atomic mass is 9.90. The van der Waals surface area contributed by atoms with Crippen LogP contribution in [0.5, 0.6) is 0 Å². The van der Waals surface area contributed by atoms with Crippen molar-refractivity contribution in [3.8, 4) is 0 Å². The van der Waals surface area contributed by atoms with Crippen LogP contribution in [0.1, 0.15) is 39.0 Å². The van der Waals surface area contributed by atoms with Crippen molar-refractivity contribution in [2.45, 2.75) is 39.7 Å². The van der Waals surface area contributed by atoms with Gasteiger partial charge >= 0.3 is 0 Å². The van der Waals surface area contributed by atoms with Crippen LogP contribution in [0, 0.1) is 0 Å². The molecule has 0 aliphatic heterocycles. The van der Waals surface area contributed by atoms with Crippen molar-refractivity contribution in [2.75, 3.05) is 24.5 Å². The van der Waals surface area contributed by atoms with E-state index in [0.29, 0.717) is 0 Å². The van der Waals surface area contributed by atoms with Crippen LogP contribution in [0.3, 0.4) is 0 Å². The number of rotatable bonds is 8. The first kappa shape index (κ1) is 17.4. The summed E-state index contributed by atoms with van der Waals surface area (Å²) in [6.07, 6.45) is 3.80. The van der Waals surface area contributed by atoms with Gasteiger partial charge in [-0.15, -0.1) is 13.2 Å². The standard InChI is InChI=1S/C18H29N3/c1-7-10-21(11-8-2)17-13-15(14-19-9-3)12-16(20-17)18(4,5)6/h7-8,12-13,19H,1-2,9-11,14H2,3-6H3. The minimum Gasteiger partial charge on any atom is -0.349 e. The van der Waals surface area contributed by atoms with Crippen LogP contribution in [-0.2, 0) is 12.0 Å². The molecular weight excluding hydrogens is 258 g/mol. The van der Waals surface area contributed by atoms with Crippen LogP contribution in [0.15, 0.2) is 37.4 Å². The van der Waals surface area contributed by atoms with Gasteiger partial charge < -0.3 is 10.2 Å². The van der Waals surface area contributed by atoms with Crippen molar-refractivity contribution >= 4 is 5.82 Å². The van der Waals surface area contributed by atoms with Gasteiger partial charge in [0.05, 0.1) is 0 Å². The molecule has 0 saturated carbocycles. The molecule has 3 nitrogen and oxygen atoms in total. The predicted molar refractivity (Wildman–Crippen MR) is 92.9 cm³/mol. The van der Waals surface area contributed by atoms with E-state index in [1.165, 1.54) is 5.56 Å². The van der Waals surface area contributed by atoms with Crippen LogP contribution in [0.4, 0.5) is 5.82 Å². The topological polar surface area (TPSA) is 28.2 Å². The van der Waals surface area contributed by atoms with Gasteiger partial charge in [-0.3, -0.25) is 0 Å².